The van der Waals surface area contributed by atoms with Crippen LogP contribution >= 0.6 is 0 Å². The van der Waals surface area contributed by atoms with E-state index >= 15 is 0 Å². The van der Waals surface area contributed by atoms with E-state index in [0.717, 1.165) is 23.6 Å². The molecule has 20 heavy (non-hydrogen) atoms. The Balaban J connectivity index is 2.43. The van der Waals surface area contributed by atoms with Gasteiger partial charge in [0.05, 0.1) is 19.9 Å². The molecule has 0 bridgehead atoms. The molecule has 0 aliphatic rings. The normalized spacial score (nSPS) is 10.8. The van der Waals surface area contributed by atoms with Crippen LogP contribution < -0.4 is 15.2 Å². The zero-order chi connectivity index (χ0) is 14.7. The summed E-state index contributed by atoms with van der Waals surface area (Å²) in [5.74, 6) is 1.96. The van der Waals surface area contributed by atoms with Crippen molar-refractivity contribution in [3.63, 3.8) is 0 Å². The number of ether oxygens (including phenoxy) is 2. The Morgan fingerprint density at radius 3 is 2.60 bits per heavy atom. The first-order chi connectivity index (χ1) is 9.55. The molecule has 0 radical (unpaired) electrons. The summed E-state index contributed by atoms with van der Waals surface area (Å²) in [5.41, 5.74) is 8.33. The number of anilines is 1. The molecule has 0 unspecified atom stereocenters. The molecule has 0 aliphatic heterocycles. The summed E-state index contributed by atoms with van der Waals surface area (Å²) in [6.45, 7) is 5.12. The van der Waals surface area contributed by atoms with Crippen molar-refractivity contribution in [1.82, 2.24) is 9.78 Å². The molecule has 0 saturated carbocycles. The average molecular weight is 275 g/mol. The molecule has 1 aromatic carbocycles. The molecule has 5 nitrogen and oxygen atoms in total. The molecule has 108 valence electrons. The molecule has 2 aromatic rings. The molecule has 1 heterocycles. The van der Waals surface area contributed by atoms with Gasteiger partial charge in [-0.1, -0.05) is 13.8 Å². The number of rotatable bonds is 5. The molecule has 0 spiro atoms. The predicted molar refractivity (Wildman–Crippen MR) is 80.0 cm³/mol. The first-order valence-electron chi connectivity index (χ1n) is 6.60. The lowest BCUT2D eigenvalue weighted by molar-refractivity contribution is 0.395. The minimum atomic E-state index is 0.514. The Hall–Kier alpha value is -2.17. The van der Waals surface area contributed by atoms with Crippen molar-refractivity contribution in [3.05, 3.63) is 24.4 Å². The summed E-state index contributed by atoms with van der Waals surface area (Å²) < 4.78 is 12.5. The van der Waals surface area contributed by atoms with Gasteiger partial charge in [-0.05, 0) is 18.1 Å². The third-order valence-electron chi connectivity index (χ3n) is 3.01. The Kier molecular flexibility index (Phi) is 4.17. The van der Waals surface area contributed by atoms with Crippen LogP contribution in [-0.4, -0.2) is 24.0 Å². The van der Waals surface area contributed by atoms with Crippen LogP contribution in [0.25, 0.3) is 11.3 Å². The van der Waals surface area contributed by atoms with Gasteiger partial charge in [0.25, 0.3) is 0 Å². The van der Waals surface area contributed by atoms with Crippen LogP contribution in [-0.2, 0) is 6.54 Å². The number of benzene rings is 1. The molecule has 0 atom stereocenters. The zero-order valence-corrected chi connectivity index (χ0v) is 12.4. The van der Waals surface area contributed by atoms with Crippen LogP contribution in [0, 0.1) is 5.92 Å². The molecule has 2 N–H and O–H groups in total. The van der Waals surface area contributed by atoms with E-state index in [-0.39, 0.29) is 0 Å². The van der Waals surface area contributed by atoms with Crippen molar-refractivity contribution in [1.29, 1.82) is 0 Å². The number of hydrogen-bond donors (Lipinski definition) is 1. The molecular weight excluding hydrogens is 254 g/mol. The predicted octanol–water partition coefficient (Wildman–Crippen LogP) is 2.81. The second-order valence-corrected chi connectivity index (χ2v) is 5.12. The van der Waals surface area contributed by atoms with E-state index < -0.39 is 0 Å². The maximum Gasteiger partial charge on any atom is 0.132 e. The van der Waals surface area contributed by atoms with E-state index in [0.29, 0.717) is 17.4 Å². The molecule has 5 heteroatoms. The van der Waals surface area contributed by atoms with Gasteiger partial charge in [0.15, 0.2) is 0 Å². The van der Waals surface area contributed by atoms with Gasteiger partial charge in [0, 0.05) is 24.4 Å². The number of nitrogens with zero attached hydrogens (tertiary/aromatic N) is 2. The molecule has 0 fully saturated rings. The van der Waals surface area contributed by atoms with Crippen LogP contribution in [0.5, 0.6) is 11.5 Å². The molecular formula is C15H21N3O2. The quantitative estimate of drug-likeness (QED) is 0.911. The lowest BCUT2D eigenvalue weighted by Gasteiger charge is -2.09. The van der Waals surface area contributed by atoms with Gasteiger partial charge >= 0.3 is 0 Å². The lowest BCUT2D eigenvalue weighted by Crippen LogP contribution is -2.04. The van der Waals surface area contributed by atoms with Crippen molar-refractivity contribution in [2.24, 2.45) is 5.92 Å². The van der Waals surface area contributed by atoms with Crippen molar-refractivity contribution in [3.8, 4) is 22.8 Å². The van der Waals surface area contributed by atoms with E-state index in [1.54, 1.807) is 14.2 Å². The van der Waals surface area contributed by atoms with Crippen molar-refractivity contribution in [2.45, 2.75) is 20.4 Å². The fourth-order valence-electron chi connectivity index (χ4n) is 2.11. The minimum absolute atomic E-state index is 0.514. The van der Waals surface area contributed by atoms with Gasteiger partial charge < -0.3 is 15.2 Å². The van der Waals surface area contributed by atoms with Gasteiger partial charge in [-0.2, -0.15) is 5.10 Å². The van der Waals surface area contributed by atoms with E-state index in [1.165, 1.54) is 0 Å². The van der Waals surface area contributed by atoms with Crippen LogP contribution in [0.3, 0.4) is 0 Å². The summed E-state index contributed by atoms with van der Waals surface area (Å²) in [6.07, 6.45) is 1.86. The van der Waals surface area contributed by atoms with Gasteiger partial charge in [0.2, 0.25) is 0 Å². The summed E-state index contributed by atoms with van der Waals surface area (Å²) in [5, 5.41) is 4.56. The number of hydrogen-bond acceptors (Lipinski definition) is 4. The second kappa shape index (κ2) is 5.86. The van der Waals surface area contributed by atoms with Crippen LogP contribution in [0.4, 0.5) is 5.69 Å². The number of nitrogens with two attached hydrogens (primary N) is 1. The van der Waals surface area contributed by atoms with Gasteiger partial charge in [-0.25, -0.2) is 0 Å². The molecule has 2 rings (SSSR count). The Bertz CT molecular complexity index is 591. The van der Waals surface area contributed by atoms with Gasteiger partial charge in [0.1, 0.15) is 17.2 Å². The highest BCUT2D eigenvalue weighted by molar-refractivity contribution is 5.77. The highest BCUT2D eigenvalue weighted by Gasteiger charge is 2.14. The summed E-state index contributed by atoms with van der Waals surface area (Å²) in [6, 6.07) is 5.62. The third kappa shape index (κ3) is 2.87. The van der Waals surface area contributed by atoms with E-state index in [4.69, 9.17) is 15.2 Å². The Labute approximate surface area is 119 Å². The number of methoxy groups -OCH3 is 2. The van der Waals surface area contributed by atoms with Crippen molar-refractivity contribution < 1.29 is 9.47 Å². The highest BCUT2D eigenvalue weighted by Crippen LogP contribution is 2.35. The SMILES string of the molecule is COc1ccc(-c2nn(CC(C)C)cc2N)c(OC)c1. The maximum atomic E-state index is 6.07. The van der Waals surface area contributed by atoms with Crippen LogP contribution in [0.1, 0.15) is 13.8 Å². The smallest absolute Gasteiger partial charge is 0.132 e. The van der Waals surface area contributed by atoms with E-state index in [1.807, 2.05) is 29.1 Å². The van der Waals surface area contributed by atoms with Crippen LogP contribution in [0.2, 0.25) is 0 Å². The van der Waals surface area contributed by atoms with E-state index in [9.17, 15) is 0 Å². The third-order valence-corrected chi connectivity index (χ3v) is 3.01. The number of aromatic nitrogens is 2. The monoisotopic (exact) mass is 275 g/mol. The summed E-state index contributed by atoms with van der Waals surface area (Å²) in [4.78, 5) is 0. The lowest BCUT2D eigenvalue weighted by atomic mass is 10.1. The molecule has 0 saturated heterocycles. The Morgan fingerprint density at radius 1 is 1.25 bits per heavy atom. The van der Waals surface area contributed by atoms with Crippen molar-refractivity contribution in [2.75, 3.05) is 20.0 Å². The molecule has 1 aromatic heterocycles. The largest absolute Gasteiger partial charge is 0.497 e. The van der Waals surface area contributed by atoms with Gasteiger partial charge in [-0.15, -0.1) is 0 Å². The molecule has 0 aliphatic carbocycles. The number of nitrogen functional groups attached to an aromatic ring is 1. The fraction of sp³-hybridized carbons (Fsp3) is 0.400. The average Bonchev–Trinajstić information content (AvgIpc) is 2.77. The zero-order valence-electron chi connectivity index (χ0n) is 12.4. The minimum Gasteiger partial charge on any atom is -0.497 e. The summed E-state index contributed by atoms with van der Waals surface area (Å²) in [7, 11) is 3.25. The Morgan fingerprint density at radius 2 is 2.00 bits per heavy atom. The maximum absolute atomic E-state index is 6.07. The topological polar surface area (TPSA) is 62.3 Å². The summed E-state index contributed by atoms with van der Waals surface area (Å²) >= 11 is 0. The van der Waals surface area contributed by atoms with E-state index in [2.05, 4.69) is 18.9 Å². The van der Waals surface area contributed by atoms with Gasteiger partial charge in [-0.3, -0.25) is 4.68 Å². The van der Waals surface area contributed by atoms with Crippen molar-refractivity contribution >= 4 is 5.69 Å². The van der Waals surface area contributed by atoms with Crippen LogP contribution in [0.15, 0.2) is 24.4 Å². The molecule has 0 amide bonds. The fourth-order valence-corrected chi connectivity index (χ4v) is 2.11. The highest BCUT2D eigenvalue weighted by atomic mass is 16.5. The first-order valence-corrected chi connectivity index (χ1v) is 6.60. The first kappa shape index (κ1) is 14.2. The second-order valence-electron chi connectivity index (χ2n) is 5.12. The standard InChI is InChI=1S/C15H21N3O2/c1-10(2)8-18-9-13(16)15(17-18)12-6-5-11(19-3)7-14(12)20-4/h5-7,9-10H,8,16H2,1-4H3.